The van der Waals surface area contributed by atoms with Crippen molar-refractivity contribution in [2.75, 3.05) is 26.0 Å². The van der Waals surface area contributed by atoms with Gasteiger partial charge in [-0.15, -0.1) is 5.10 Å². The van der Waals surface area contributed by atoms with Crippen molar-refractivity contribution in [3.8, 4) is 0 Å². The lowest BCUT2D eigenvalue weighted by Gasteiger charge is -2.12. The number of carbonyl (C=O) groups excluding carboxylic acids is 2. The number of aromatic nitrogens is 3. The van der Waals surface area contributed by atoms with Gasteiger partial charge in [-0.3, -0.25) is 20.0 Å². The van der Waals surface area contributed by atoms with E-state index >= 15 is 0 Å². The van der Waals surface area contributed by atoms with E-state index < -0.39 is 46.3 Å². The van der Waals surface area contributed by atoms with Crippen molar-refractivity contribution in [3.63, 3.8) is 0 Å². The molecule has 0 fully saturated rings. The van der Waals surface area contributed by atoms with Crippen LogP contribution in [0.3, 0.4) is 0 Å². The molecular weight excluding hydrogens is 405 g/mol. The Morgan fingerprint density at radius 1 is 1.25 bits per heavy atom. The van der Waals surface area contributed by atoms with Gasteiger partial charge in [0.25, 0.3) is 5.91 Å². The molecule has 2 aromatic rings. The van der Waals surface area contributed by atoms with Gasteiger partial charge in [-0.1, -0.05) is 6.07 Å². The second kappa shape index (κ2) is 7.93. The maximum atomic E-state index is 12.4. The zero-order valence-electron chi connectivity index (χ0n) is 14.5. The van der Waals surface area contributed by atoms with Crippen molar-refractivity contribution in [1.82, 2.24) is 24.8 Å². The molecule has 14 heteroatoms. The summed E-state index contributed by atoms with van der Waals surface area (Å²) >= 11 is 0. The van der Waals surface area contributed by atoms with Gasteiger partial charge >= 0.3 is 6.18 Å². The first kappa shape index (κ1) is 21.3. The molecule has 0 unspecified atom stereocenters. The fourth-order valence-electron chi connectivity index (χ4n) is 1.88. The van der Waals surface area contributed by atoms with Crippen LogP contribution in [-0.4, -0.2) is 60.4 Å². The second-order valence-corrected chi connectivity index (χ2v) is 7.70. The maximum Gasteiger partial charge on any atom is 0.451 e. The molecule has 0 saturated carbocycles. The number of alkyl halides is 3. The van der Waals surface area contributed by atoms with Gasteiger partial charge in [0.1, 0.15) is 0 Å². The fraction of sp³-hybridized carbons (Fsp3) is 0.286. The van der Waals surface area contributed by atoms with Gasteiger partial charge in [0, 0.05) is 19.7 Å². The van der Waals surface area contributed by atoms with Gasteiger partial charge in [-0.25, -0.2) is 12.7 Å². The van der Waals surface area contributed by atoms with Crippen LogP contribution in [0, 0.1) is 0 Å². The normalized spacial score (nSPS) is 12.1. The summed E-state index contributed by atoms with van der Waals surface area (Å²) in [5.74, 6) is -3.62. The number of nitrogens with zero attached hydrogens (tertiary/aromatic N) is 3. The largest absolute Gasteiger partial charge is 0.451 e. The van der Waals surface area contributed by atoms with Gasteiger partial charge in [-0.05, 0) is 18.2 Å². The number of carbonyl (C=O) groups is 2. The van der Waals surface area contributed by atoms with Crippen LogP contribution in [-0.2, 0) is 21.0 Å². The number of hydrogen-bond acceptors (Lipinski definition) is 6. The number of H-pyrrole nitrogens is 1. The van der Waals surface area contributed by atoms with Crippen molar-refractivity contribution in [2.45, 2.75) is 11.1 Å². The summed E-state index contributed by atoms with van der Waals surface area (Å²) in [5, 5.41) is 9.01. The average molecular weight is 420 g/mol. The molecule has 0 aliphatic rings. The first-order valence-corrected chi connectivity index (χ1v) is 8.95. The molecule has 0 bridgehead atoms. The summed E-state index contributed by atoms with van der Waals surface area (Å²) < 4.78 is 62.3. The molecular formula is C14H15F3N6O4S. The van der Waals surface area contributed by atoms with Crippen LogP contribution in [0.2, 0.25) is 0 Å². The molecule has 152 valence electrons. The van der Waals surface area contributed by atoms with Crippen LogP contribution in [0.15, 0.2) is 29.2 Å². The summed E-state index contributed by atoms with van der Waals surface area (Å²) in [4.78, 5) is 26.8. The smallest absolute Gasteiger partial charge is 0.343 e. The third-order valence-electron chi connectivity index (χ3n) is 3.29. The maximum absolute atomic E-state index is 12.4. The van der Waals surface area contributed by atoms with Gasteiger partial charge in [0.2, 0.25) is 27.7 Å². The third kappa shape index (κ3) is 5.04. The van der Waals surface area contributed by atoms with E-state index in [0.717, 1.165) is 10.4 Å². The third-order valence-corrected chi connectivity index (χ3v) is 5.10. The highest BCUT2D eigenvalue weighted by Gasteiger charge is 2.35. The van der Waals surface area contributed by atoms with Crippen molar-refractivity contribution >= 4 is 27.8 Å². The van der Waals surface area contributed by atoms with Crippen molar-refractivity contribution in [1.29, 1.82) is 0 Å². The predicted molar refractivity (Wildman–Crippen MR) is 89.7 cm³/mol. The predicted octanol–water partition coefficient (Wildman–Crippen LogP) is 0.442. The lowest BCUT2D eigenvalue weighted by atomic mass is 10.2. The molecule has 0 spiro atoms. The van der Waals surface area contributed by atoms with E-state index in [-0.39, 0.29) is 10.5 Å². The Bertz CT molecular complexity index is 987. The van der Waals surface area contributed by atoms with Crippen molar-refractivity contribution < 1.29 is 31.2 Å². The van der Waals surface area contributed by atoms with E-state index in [9.17, 15) is 31.2 Å². The number of anilines is 1. The SMILES string of the molecule is CN(C)S(=O)(=O)c1cccc(C(=O)NCC(=O)Nc2n[nH]c(C(F)(F)F)n2)c1. The summed E-state index contributed by atoms with van der Waals surface area (Å²) in [5.41, 5.74) is -0.0204. The van der Waals surface area contributed by atoms with Gasteiger partial charge < -0.3 is 5.32 Å². The van der Waals surface area contributed by atoms with E-state index in [4.69, 9.17) is 0 Å². The highest BCUT2D eigenvalue weighted by molar-refractivity contribution is 7.89. The number of aromatic amines is 1. The Labute approximate surface area is 157 Å². The molecule has 2 rings (SSSR count). The first-order chi connectivity index (χ1) is 12.9. The van der Waals surface area contributed by atoms with Crippen LogP contribution >= 0.6 is 0 Å². The molecule has 28 heavy (non-hydrogen) atoms. The summed E-state index contributed by atoms with van der Waals surface area (Å²) in [6, 6.07) is 5.14. The minimum atomic E-state index is -4.75. The van der Waals surface area contributed by atoms with E-state index in [1.54, 1.807) is 5.10 Å². The Kier molecular flexibility index (Phi) is 6.04. The van der Waals surface area contributed by atoms with Crippen LogP contribution in [0.5, 0.6) is 0 Å². The molecule has 1 aromatic heterocycles. The minimum Gasteiger partial charge on any atom is -0.343 e. The first-order valence-electron chi connectivity index (χ1n) is 7.51. The van der Waals surface area contributed by atoms with Crippen molar-refractivity contribution in [2.24, 2.45) is 0 Å². The number of benzene rings is 1. The lowest BCUT2D eigenvalue weighted by molar-refractivity contribution is -0.144. The second-order valence-electron chi connectivity index (χ2n) is 5.55. The standard InChI is InChI=1S/C14H15F3N6O4S/c1-23(2)28(26,27)9-5-3-4-8(6-9)11(25)18-7-10(24)19-13-20-12(21-22-13)14(15,16)17/h3-6H,7H2,1-2H3,(H,18,25)(H2,19,20,21,22,24). The zero-order chi connectivity index (χ0) is 21.1. The molecule has 1 aromatic carbocycles. The average Bonchev–Trinajstić information content (AvgIpc) is 3.08. The van der Waals surface area contributed by atoms with E-state index in [0.29, 0.717) is 0 Å². The molecule has 0 atom stereocenters. The number of hydrogen-bond donors (Lipinski definition) is 3. The minimum absolute atomic E-state index is 0.0204. The quantitative estimate of drug-likeness (QED) is 0.620. The highest BCUT2D eigenvalue weighted by Crippen LogP contribution is 2.26. The van der Waals surface area contributed by atoms with Gasteiger partial charge in [-0.2, -0.15) is 18.2 Å². The van der Waals surface area contributed by atoms with E-state index in [1.165, 1.54) is 32.3 Å². The van der Waals surface area contributed by atoms with Crippen LogP contribution < -0.4 is 10.6 Å². The number of amides is 2. The monoisotopic (exact) mass is 420 g/mol. The summed E-state index contributed by atoms with van der Waals surface area (Å²) in [6.45, 7) is -0.598. The molecule has 1 heterocycles. The van der Waals surface area contributed by atoms with Crippen molar-refractivity contribution in [3.05, 3.63) is 35.7 Å². The lowest BCUT2D eigenvalue weighted by Crippen LogP contribution is -2.33. The molecule has 2 amide bonds. The Morgan fingerprint density at radius 3 is 2.50 bits per heavy atom. The van der Waals surface area contributed by atoms with Crippen LogP contribution in [0.1, 0.15) is 16.2 Å². The number of sulfonamides is 1. The molecule has 0 aliphatic carbocycles. The summed E-state index contributed by atoms with van der Waals surface area (Å²) in [7, 11) is -1.09. The number of nitrogens with one attached hydrogen (secondary N) is 3. The Hall–Kier alpha value is -3.00. The molecule has 10 nitrogen and oxygen atoms in total. The molecule has 0 aliphatic heterocycles. The Balaban J connectivity index is 1.99. The van der Waals surface area contributed by atoms with Crippen LogP contribution in [0.25, 0.3) is 0 Å². The molecule has 3 N–H and O–H groups in total. The van der Waals surface area contributed by atoms with Gasteiger partial charge in [0.15, 0.2) is 0 Å². The molecule has 0 radical (unpaired) electrons. The number of rotatable bonds is 6. The topological polar surface area (TPSA) is 137 Å². The molecule has 0 saturated heterocycles. The van der Waals surface area contributed by atoms with E-state index in [2.05, 4.69) is 15.4 Å². The van der Waals surface area contributed by atoms with E-state index in [1.807, 2.05) is 5.32 Å². The zero-order valence-corrected chi connectivity index (χ0v) is 15.3. The Morgan fingerprint density at radius 2 is 1.93 bits per heavy atom. The number of halogens is 3. The highest BCUT2D eigenvalue weighted by atomic mass is 32.2. The van der Waals surface area contributed by atoms with Gasteiger partial charge in [0.05, 0.1) is 11.4 Å². The summed E-state index contributed by atoms with van der Waals surface area (Å²) in [6.07, 6.45) is -4.75. The van der Waals surface area contributed by atoms with Crippen LogP contribution in [0.4, 0.5) is 19.1 Å². The fourth-order valence-corrected chi connectivity index (χ4v) is 2.83.